The summed E-state index contributed by atoms with van der Waals surface area (Å²) in [7, 11) is 1.32. The SMILES string of the molecule is CCN1C(=O)C(=Cc2cc(Cl)ccc2OCc2ccc(Cl)cc2Cl)SC1=Nc1cccc(C(=O)OC)c1. The van der Waals surface area contributed by atoms with Gasteiger partial charge in [0, 0.05) is 32.7 Å². The summed E-state index contributed by atoms with van der Waals surface area (Å²) in [4.78, 5) is 31.7. The van der Waals surface area contributed by atoms with Crippen molar-refractivity contribution in [2.45, 2.75) is 13.5 Å². The van der Waals surface area contributed by atoms with Gasteiger partial charge in [-0.05, 0) is 73.3 Å². The molecular weight excluding hydrogens is 555 g/mol. The molecule has 1 aliphatic rings. The van der Waals surface area contributed by atoms with E-state index in [9.17, 15) is 9.59 Å². The molecule has 1 heterocycles. The number of aliphatic imine (C=N–C) groups is 1. The smallest absolute Gasteiger partial charge is 0.337 e. The molecule has 0 saturated carbocycles. The second-order valence-corrected chi connectivity index (χ2v) is 10.1. The van der Waals surface area contributed by atoms with Gasteiger partial charge in [-0.25, -0.2) is 9.79 Å². The summed E-state index contributed by atoms with van der Waals surface area (Å²) in [5.74, 6) is -0.115. The molecule has 1 saturated heterocycles. The Morgan fingerprint density at radius 3 is 2.54 bits per heavy atom. The lowest BCUT2D eigenvalue weighted by Gasteiger charge is -2.12. The summed E-state index contributed by atoms with van der Waals surface area (Å²) in [5, 5.41) is 2.04. The molecule has 10 heteroatoms. The van der Waals surface area contributed by atoms with Crippen LogP contribution in [0.4, 0.5) is 5.69 Å². The van der Waals surface area contributed by atoms with Crippen LogP contribution in [0.2, 0.25) is 15.1 Å². The van der Waals surface area contributed by atoms with E-state index in [1.165, 1.54) is 18.9 Å². The molecule has 0 aliphatic carbocycles. The number of carbonyl (C=O) groups excluding carboxylic acids is 2. The van der Waals surface area contributed by atoms with Gasteiger partial charge in [-0.1, -0.05) is 46.9 Å². The average molecular weight is 576 g/mol. The number of carbonyl (C=O) groups is 2. The fourth-order valence-corrected chi connectivity index (χ4v) is 5.20. The number of amidine groups is 1. The maximum atomic E-state index is 13.2. The fourth-order valence-electron chi connectivity index (χ4n) is 3.50. The largest absolute Gasteiger partial charge is 0.488 e. The van der Waals surface area contributed by atoms with Gasteiger partial charge in [0.05, 0.1) is 23.3 Å². The highest BCUT2D eigenvalue weighted by Crippen LogP contribution is 2.36. The topological polar surface area (TPSA) is 68.2 Å². The number of thioether (sulfide) groups is 1. The summed E-state index contributed by atoms with van der Waals surface area (Å²) in [6.45, 7) is 2.50. The molecule has 0 atom stereocenters. The van der Waals surface area contributed by atoms with E-state index in [0.717, 1.165) is 5.56 Å². The minimum Gasteiger partial charge on any atom is -0.488 e. The fraction of sp³-hybridized carbons (Fsp3) is 0.148. The average Bonchev–Trinajstić information content (AvgIpc) is 3.17. The summed E-state index contributed by atoms with van der Waals surface area (Å²) < 4.78 is 10.8. The zero-order valence-electron chi connectivity index (χ0n) is 19.8. The lowest BCUT2D eigenvalue weighted by atomic mass is 10.1. The second-order valence-electron chi connectivity index (χ2n) is 7.80. The Kier molecular flexibility index (Phi) is 8.82. The highest BCUT2D eigenvalue weighted by atomic mass is 35.5. The summed E-state index contributed by atoms with van der Waals surface area (Å²) in [6.07, 6.45) is 1.73. The molecule has 0 N–H and O–H groups in total. The zero-order chi connectivity index (χ0) is 26.5. The van der Waals surface area contributed by atoms with Crippen LogP contribution in [0.25, 0.3) is 6.08 Å². The Labute approximate surface area is 233 Å². The molecule has 3 aromatic rings. The standard InChI is InChI=1S/C27H21Cl3N2O4S/c1-3-32-25(33)24(37-27(32)31-21-6-4-5-16(12-21)26(34)35-2)13-18-11-19(28)9-10-23(18)36-15-17-7-8-20(29)14-22(17)30/h4-14H,3,15H2,1-2H3. The number of amides is 1. The van der Waals surface area contributed by atoms with Crippen LogP contribution in [0.5, 0.6) is 5.75 Å². The third-order valence-electron chi connectivity index (χ3n) is 5.35. The monoisotopic (exact) mass is 574 g/mol. The van der Waals surface area contributed by atoms with E-state index < -0.39 is 5.97 Å². The molecule has 1 fully saturated rings. The Morgan fingerprint density at radius 2 is 1.81 bits per heavy atom. The maximum absolute atomic E-state index is 13.2. The highest BCUT2D eigenvalue weighted by molar-refractivity contribution is 8.18. The predicted molar refractivity (Wildman–Crippen MR) is 150 cm³/mol. The van der Waals surface area contributed by atoms with E-state index >= 15 is 0 Å². The molecule has 0 spiro atoms. The van der Waals surface area contributed by atoms with Crippen LogP contribution in [-0.4, -0.2) is 35.6 Å². The lowest BCUT2D eigenvalue weighted by Crippen LogP contribution is -2.28. The lowest BCUT2D eigenvalue weighted by molar-refractivity contribution is -0.122. The minimum atomic E-state index is -0.460. The van der Waals surface area contributed by atoms with Crippen molar-refractivity contribution >= 4 is 75.4 Å². The zero-order valence-corrected chi connectivity index (χ0v) is 22.9. The normalized spacial score (nSPS) is 15.5. The number of hydrogen-bond acceptors (Lipinski definition) is 6. The van der Waals surface area contributed by atoms with Crippen molar-refractivity contribution in [1.82, 2.24) is 4.90 Å². The number of likely N-dealkylation sites (N-methyl/N-ethyl adjacent to an activating group) is 1. The van der Waals surface area contributed by atoms with Gasteiger partial charge in [0.25, 0.3) is 5.91 Å². The summed E-state index contributed by atoms with van der Waals surface area (Å²) in [5.41, 5.74) is 2.31. The van der Waals surface area contributed by atoms with Gasteiger partial charge in [-0.2, -0.15) is 0 Å². The number of ether oxygens (including phenoxy) is 2. The third-order valence-corrected chi connectivity index (χ3v) is 7.18. The van der Waals surface area contributed by atoms with Crippen molar-refractivity contribution in [1.29, 1.82) is 0 Å². The quantitative estimate of drug-likeness (QED) is 0.214. The van der Waals surface area contributed by atoms with E-state index in [0.29, 0.717) is 54.2 Å². The summed E-state index contributed by atoms with van der Waals surface area (Å²) in [6, 6.07) is 17.1. The van der Waals surface area contributed by atoms with Gasteiger partial charge in [-0.15, -0.1) is 0 Å². The van der Waals surface area contributed by atoms with Gasteiger partial charge in [0.1, 0.15) is 12.4 Å². The number of methoxy groups -OCH3 is 1. The Balaban J connectivity index is 1.62. The van der Waals surface area contributed by atoms with E-state index in [1.807, 2.05) is 6.92 Å². The molecule has 6 nitrogen and oxygen atoms in total. The molecule has 1 aliphatic heterocycles. The van der Waals surface area contributed by atoms with E-state index in [2.05, 4.69) is 4.99 Å². The van der Waals surface area contributed by atoms with Crippen molar-refractivity contribution < 1.29 is 19.1 Å². The minimum absolute atomic E-state index is 0.193. The van der Waals surface area contributed by atoms with Gasteiger partial charge in [-0.3, -0.25) is 9.69 Å². The molecule has 190 valence electrons. The molecular formula is C27H21Cl3N2O4S. The summed E-state index contributed by atoms with van der Waals surface area (Å²) >= 11 is 19.8. The van der Waals surface area contributed by atoms with Crippen molar-refractivity contribution in [3.8, 4) is 5.75 Å². The van der Waals surface area contributed by atoms with Gasteiger partial charge in [0.15, 0.2) is 5.17 Å². The Hall–Kier alpha value is -2.97. The van der Waals surface area contributed by atoms with Gasteiger partial charge >= 0.3 is 5.97 Å². The predicted octanol–water partition coefficient (Wildman–Crippen LogP) is 7.64. The molecule has 0 aromatic heterocycles. The number of halogens is 3. The van der Waals surface area contributed by atoms with Gasteiger partial charge in [0.2, 0.25) is 0 Å². The van der Waals surface area contributed by atoms with Crippen LogP contribution in [0.15, 0.2) is 70.6 Å². The molecule has 4 rings (SSSR count). The van der Waals surface area contributed by atoms with Crippen molar-refractivity contribution in [2.75, 3.05) is 13.7 Å². The van der Waals surface area contributed by atoms with E-state index in [1.54, 1.807) is 71.6 Å². The van der Waals surface area contributed by atoms with Crippen LogP contribution in [0.1, 0.15) is 28.4 Å². The molecule has 3 aromatic carbocycles. The first-order valence-electron chi connectivity index (χ1n) is 11.1. The molecule has 0 radical (unpaired) electrons. The van der Waals surface area contributed by atoms with Gasteiger partial charge < -0.3 is 9.47 Å². The molecule has 37 heavy (non-hydrogen) atoms. The van der Waals surface area contributed by atoms with E-state index in [4.69, 9.17) is 44.3 Å². The van der Waals surface area contributed by atoms with Crippen LogP contribution >= 0.6 is 46.6 Å². The first-order chi connectivity index (χ1) is 17.8. The van der Waals surface area contributed by atoms with Crippen LogP contribution < -0.4 is 4.74 Å². The van der Waals surface area contributed by atoms with Crippen LogP contribution in [0.3, 0.4) is 0 Å². The Morgan fingerprint density at radius 1 is 1.05 bits per heavy atom. The number of esters is 1. The van der Waals surface area contributed by atoms with Crippen molar-refractivity contribution in [3.05, 3.63) is 97.3 Å². The van der Waals surface area contributed by atoms with Crippen LogP contribution in [0, 0.1) is 0 Å². The highest BCUT2D eigenvalue weighted by Gasteiger charge is 2.32. The van der Waals surface area contributed by atoms with E-state index in [-0.39, 0.29) is 12.5 Å². The Bertz CT molecular complexity index is 1420. The molecule has 0 bridgehead atoms. The van der Waals surface area contributed by atoms with Crippen molar-refractivity contribution in [3.63, 3.8) is 0 Å². The van der Waals surface area contributed by atoms with Crippen molar-refractivity contribution in [2.24, 2.45) is 4.99 Å². The first kappa shape index (κ1) is 27.1. The number of hydrogen-bond donors (Lipinski definition) is 0. The number of benzene rings is 3. The van der Waals surface area contributed by atoms with Crippen LogP contribution in [-0.2, 0) is 16.1 Å². The molecule has 1 amide bonds. The second kappa shape index (κ2) is 12.0. The third kappa shape index (κ3) is 6.48. The first-order valence-corrected chi connectivity index (χ1v) is 13.1. The maximum Gasteiger partial charge on any atom is 0.337 e. The molecule has 0 unspecified atom stereocenters. The number of rotatable bonds is 7. The number of nitrogens with zero attached hydrogens (tertiary/aromatic N) is 2.